The standard InChI is InChI=1S/C18H31N3O2S.HI/c1-3-16-5-6-17(24-16)13-21-18(19-2)20-9-4-10-23-14-15-7-11-22-12-8-15;/h5-6,15H,3-4,7-14H2,1-2H3,(H2,19,20,21);1H. The number of rotatable bonds is 9. The first-order valence-electron chi connectivity index (χ1n) is 8.99. The highest BCUT2D eigenvalue weighted by atomic mass is 127. The Hall–Kier alpha value is -0.380. The van der Waals surface area contributed by atoms with Crippen molar-refractivity contribution in [1.82, 2.24) is 10.6 Å². The monoisotopic (exact) mass is 481 g/mol. The van der Waals surface area contributed by atoms with Crippen LogP contribution in [-0.2, 0) is 22.4 Å². The Kier molecular flexibility index (Phi) is 12.5. The van der Waals surface area contributed by atoms with Crippen LogP contribution in [0, 0.1) is 5.92 Å². The fraction of sp³-hybridized carbons (Fsp3) is 0.722. The number of aryl methyl sites for hydroxylation is 1. The van der Waals surface area contributed by atoms with Gasteiger partial charge in [0.15, 0.2) is 5.96 Å². The van der Waals surface area contributed by atoms with Gasteiger partial charge in [0.25, 0.3) is 0 Å². The van der Waals surface area contributed by atoms with E-state index in [2.05, 4.69) is 34.7 Å². The molecule has 2 heterocycles. The summed E-state index contributed by atoms with van der Waals surface area (Å²) in [5, 5.41) is 6.70. The maximum atomic E-state index is 5.78. The Morgan fingerprint density at radius 3 is 2.72 bits per heavy atom. The van der Waals surface area contributed by atoms with E-state index in [-0.39, 0.29) is 24.0 Å². The third-order valence-corrected chi connectivity index (χ3v) is 5.40. The lowest BCUT2D eigenvalue weighted by Crippen LogP contribution is -2.37. The van der Waals surface area contributed by atoms with Gasteiger partial charge in [0.1, 0.15) is 0 Å². The second kappa shape index (κ2) is 13.8. The summed E-state index contributed by atoms with van der Waals surface area (Å²) in [5.74, 6) is 1.53. The Labute approximate surface area is 173 Å². The Balaban J connectivity index is 0.00000312. The van der Waals surface area contributed by atoms with E-state index in [1.807, 2.05) is 18.4 Å². The Morgan fingerprint density at radius 2 is 2.04 bits per heavy atom. The van der Waals surface area contributed by atoms with E-state index in [9.17, 15) is 0 Å². The maximum Gasteiger partial charge on any atom is 0.191 e. The number of hydrogen-bond acceptors (Lipinski definition) is 4. The van der Waals surface area contributed by atoms with E-state index < -0.39 is 0 Å². The summed E-state index contributed by atoms with van der Waals surface area (Å²) < 4.78 is 11.1. The summed E-state index contributed by atoms with van der Waals surface area (Å²) in [4.78, 5) is 7.04. The fourth-order valence-corrected chi connectivity index (χ4v) is 3.54. The van der Waals surface area contributed by atoms with Gasteiger partial charge in [-0.15, -0.1) is 35.3 Å². The molecular formula is C18H32IN3O2S. The number of nitrogens with zero attached hydrogens (tertiary/aromatic N) is 1. The van der Waals surface area contributed by atoms with E-state index in [1.54, 1.807) is 0 Å². The van der Waals surface area contributed by atoms with Gasteiger partial charge >= 0.3 is 0 Å². The van der Waals surface area contributed by atoms with Crippen LogP contribution in [0.4, 0.5) is 0 Å². The first-order valence-corrected chi connectivity index (χ1v) is 9.81. The molecule has 2 rings (SSSR count). The van der Waals surface area contributed by atoms with Gasteiger partial charge in [0.05, 0.1) is 6.54 Å². The van der Waals surface area contributed by atoms with E-state index in [1.165, 1.54) is 9.75 Å². The average molecular weight is 481 g/mol. The molecule has 0 bridgehead atoms. The van der Waals surface area contributed by atoms with Gasteiger partial charge in [-0.3, -0.25) is 4.99 Å². The lowest BCUT2D eigenvalue weighted by Gasteiger charge is -2.21. The van der Waals surface area contributed by atoms with E-state index in [4.69, 9.17) is 9.47 Å². The van der Waals surface area contributed by atoms with Gasteiger partial charge in [0.2, 0.25) is 0 Å². The van der Waals surface area contributed by atoms with Gasteiger partial charge in [0, 0.05) is 49.8 Å². The predicted octanol–water partition coefficient (Wildman–Crippen LogP) is 3.43. The largest absolute Gasteiger partial charge is 0.381 e. The highest BCUT2D eigenvalue weighted by molar-refractivity contribution is 14.0. The van der Waals surface area contributed by atoms with Crippen molar-refractivity contribution < 1.29 is 9.47 Å². The van der Waals surface area contributed by atoms with Crippen molar-refractivity contribution in [3.63, 3.8) is 0 Å². The minimum atomic E-state index is 0. The topological polar surface area (TPSA) is 54.9 Å². The zero-order valence-electron chi connectivity index (χ0n) is 15.4. The molecule has 2 N–H and O–H groups in total. The first kappa shape index (κ1) is 22.7. The highest BCUT2D eigenvalue weighted by Gasteiger charge is 2.13. The van der Waals surface area contributed by atoms with Crippen molar-refractivity contribution in [2.24, 2.45) is 10.9 Å². The van der Waals surface area contributed by atoms with Crippen LogP contribution in [0.3, 0.4) is 0 Å². The van der Waals surface area contributed by atoms with Crippen molar-refractivity contribution >= 4 is 41.3 Å². The average Bonchev–Trinajstić information content (AvgIpc) is 3.09. The zero-order chi connectivity index (χ0) is 17.0. The van der Waals surface area contributed by atoms with Crippen molar-refractivity contribution in [3.8, 4) is 0 Å². The van der Waals surface area contributed by atoms with Crippen molar-refractivity contribution in [2.45, 2.75) is 39.2 Å². The molecule has 0 atom stereocenters. The Bertz CT molecular complexity index is 490. The summed E-state index contributed by atoms with van der Waals surface area (Å²) >= 11 is 1.86. The van der Waals surface area contributed by atoms with Crippen molar-refractivity contribution in [3.05, 3.63) is 21.9 Å². The molecule has 0 saturated carbocycles. The van der Waals surface area contributed by atoms with Gasteiger partial charge < -0.3 is 20.1 Å². The number of hydrogen-bond donors (Lipinski definition) is 2. The first-order chi connectivity index (χ1) is 11.8. The molecule has 0 spiro atoms. The van der Waals surface area contributed by atoms with Gasteiger partial charge in [-0.2, -0.15) is 0 Å². The van der Waals surface area contributed by atoms with E-state index >= 15 is 0 Å². The maximum absolute atomic E-state index is 5.78. The summed E-state index contributed by atoms with van der Waals surface area (Å²) in [6.07, 6.45) is 4.36. The lowest BCUT2D eigenvalue weighted by molar-refractivity contribution is 0.0203. The highest BCUT2D eigenvalue weighted by Crippen LogP contribution is 2.16. The molecule has 1 saturated heterocycles. The summed E-state index contributed by atoms with van der Waals surface area (Å²) in [5.41, 5.74) is 0. The molecule has 1 aliphatic rings. The molecule has 1 aliphatic heterocycles. The molecule has 1 aromatic rings. The molecule has 0 aliphatic carbocycles. The van der Waals surface area contributed by atoms with Crippen LogP contribution in [0.25, 0.3) is 0 Å². The molecule has 1 aromatic heterocycles. The third-order valence-electron chi connectivity index (χ3n) is 4.17. The molecule has 0 aromatic carbocycles. The molecule has 5 nitrogen and oxygen atoms in total. The van der Waals surface area contributed by atoms with Crippen LogP contribution in [0.2, 0.25) is 0 Å². The van der Waals surface area contributed by atoms with E-state index in [0.717, 1.165) is 71.2 Å². The van der Waals surface area contributed by atoms with Crippen LogP contribution in [0.1, 0.15) is 35.9 Å². The second-order valence-corrected chi connectivity index (χ2v) is 7.31. The second-order valence-electron chi connectivity index (χ2n) is 6.06. The zero-order valence-corrected chi connectivity index (χ0v) is 18.5. The predicted molar refractivity (Wildman–Crippen MR) is 116 cm³/mol. The summed E-state index contributed by atoms with van der Waals surface area (Å²) in [6, 6.07) is 4.39. The fourth-order valence-electron chi connectivity index (χ4n) is 2.64. The normalized spacial score (nSPS) is 15.7. The number of thiophene rings is 1. The minimum Gasteiger partial charge on any atom is -0.381 e. The number of nitrogens with one attached hydrogen (secondary N) is 2. The molecule has 1 fully saturated rings. The molecule has 0 radical (unpaired) electrons. The van der Waals surface area contributed by atoms with Crippen LogP contribution in [-0.4, -0.2) is 46.0 Å². The molecule has 144 valence electrons. The Morgan fingerprint density at radius 1 is 1.28 bits per heavy atom. The molecule has 0 unspecified atom stereocenters. The van der Waals surface area contributed by atoms with Crippen LogP contribution < -0.4 is 10.6 Å². The smallest absolute Gasteiger partial charge is 0.191 e. The van der Waals surface area contributed by atoms with E-state index in [0.29, 0.717) is 5.92 Å². The van der Waals surface area contributed by atoms with Crippen molar-refractivity contribution in [1.29, 1.82) is 0 Å². The SMILES string of the molecule is CCc1ccc(CNC(=NC)NCCCOCC2CCOCC2)s1.I. The van der Waals surface area contributed by atoms with Crippen LogP contribution in [0.5, 0.6) is 0 Å². The number of halogens is 1. The number of aliphatic imine (C=N–C) groups is 1. The number of ether oxygens (including phenoxy) is 2. The minimum absolute atomic E-state index is 0. The summed E-state index contributed by atoms with van der Waals surface area (Å²) in [7, 11) is 1.81. The summed E-state index contributed by atoms with van der Waals surface area (Å²) in [6.45, 7) is 7.33. The molecule has 0 amide bonds. The number of guanidine groups is 1. The van der Waals surface area contributed by atoms with Gasteiger partial charge in [-0.25, -0.2) is 0 Å². The van der Waals surface area contributed by atoms with Crippen LogP contribution in [0.15, 0.2) is 17.1 Å². The molecule has 7 heteroatoms. The van der Waals surface area contributed by atoms with Crippen LogP contribution >= 0.6 is 35.3 Å². The lowest BCUT2D eigenvalue weighted by atomic mass is 10.0. The third kappa shape index (κ3) is 9.21. The molecule has 25 heavy (non-hydrogen) atoms. The molecular weight excluding hydrogens is 449 g/mol. The van der Waals surface area contributed by atoms with Gasteiger partial charge in [-0.1, -0.05) is 6.92 Å². The van der Waals surface area contributed by atoms with Crippen molar-refractivity contribution in [2.75, 3.05) is 40.0 Å². The van der Waals surface area contributed by atoms with Gasteiger partial charge in [-0.05, 0) is 43.7 Å². The quantitative estimate of drug-likeness (QED) is 0.246.